The van der Waals surface area contributed by atoms with Crippen LogP contribution < -0.4 is 4.90 Å². The van der Waals surface area contributed by atoms with Gasteiger partial charge in [-0.2, -0.15) is 0 Å². The van der Waals surface area contributed by atoms with Crippen LogP contribution in [0.3, 0.4) is 0 Å². The van der Waals surface area contributed by atoms with Crippen molar-refractivity contribution in [2.75, 3.05) is 4.90 Å². The van der Waals surface area contributed by atoms with Gasteiger partial charge < -0.3 is 9.47 Å². The molecule has 9 aromatic rings. The zero-order valence-electron chi connectivity index (χ0n) is 30.1. The molecule has 0 saturated heterocycles. The lowest BCUT2D eigenvalue weighted by Gasteiger charge is -2.27. The molecular weight excluding hydrogens is 685 g/mol. The van der Waals surface area contributed by atoms with Crippen LogP contribution in [0.4, 0.5) is 17.1 Å². The van der Waals surface area contributed by atoms with E-state index in [4.69, 9.17) is 0 Å². The first-order valence-electron chi connectivity index (χ1n) is 19.0. The smallest absolute Gasteiger partial charge is 0.0547 e. The molecule has 0 spiro atoms. The second-order valence-electron chi connectivity index (χ2n) is 14.5. The van der Waals surface area contributed by atoms with Crippen molar-refractivity contribution in [1.82, 2.24) is 4.57 Å². The van der Waals surface area contributed by atoms with Gasteiger partial charge in [-0.1, -0.05) is 133 Å². The monoisotopic (exact) mass is 720 g/mol. The zero-order chi connectivity index (χ0) is 36.3. The molecule has 55 heavy (non-hydrogen) atoms. The summed E-state index contributed by atoms with van der Waals surface area (Å²) in [6.07, 6.45) is 9.09. The van der Waals surface area contributed by atoms with E-state index in [1.807, 2.05) is 11.8 Å². The summed E-state index contributed by atoms with van der Waals surface area (Å²) < 4.78 is 2.41. The van der Waals surface area contributed by atoms with Gasteiger partial charge >= 0.3 is 0 Å². The first kappa shape index (κ1) is 31.9. The fourth-order valence-electron chi connectivity index (χ4n) is 8.72. The Bertz CT molecular complexity index is 2970. The van der Waals surface area contributed by atoms with Gasteiger partial charge in [0.25, 0.3) is 0 Å². The third-order valence-corrected chi connectivity index (χ3v) is 12.6. The van der Waals surface area contributed by atoms with Crippen LogP contribution in [0, 0.1) is 0 Å². The molecule has 1 aromatic heterocycles. The van der Waals surface area contributed by atoms with Gasteiger partial charge in [-0.25, -0.2) is 0 Å². The van der Waals surface area contributed by atoms with Crippen molar-refractivity contribution in [3.05, 3.63) is 212 Å². The van der Waals surface area contributed by atoms with Crippen LogP contribution in [0.25, 0.3) is 60.5 Å². The molecule has 8 aromatic carbocycles. The number of rotatable bonds is 6. The lowest BCUT2D eigenvalue weighted by Crippen LogP contribution is -2.11. The first-order valence-corrected chi connectivity index (χ1v) is 19.9. The highest BCUT2D eigenvalue weighted by molar-refractivity contribution is 8.00. The molecule has 1 aliphatic carbocycles. The maximum Gasteiger partial charge on any atom is 0.0547 e. The summed E-state index contributed by atoms with van der Waals surface area (Å²) in [7, 11) is 0. The molecule has 0 amide bonds. The minimum Gasteiger partial charge on any atom is -0.310 e. The van der Waals surface area contributed by atoms with Crippen LogP contribution in [0.1, 0.15) is 11.5 Å². The van der Waals surface area contributed by atoms with Gasteiger partial charge in [0.05, 0.1) is 11.0 Å². The summed E-state index contributed by atoms with van der Waals surface area (Å²) in [5, 5.41) is 5.52. The Morgan fingerprint density at radius 1 is 0.455 bits per heavy atom. The molecule has 11 rings (SSSR count). The van der Waals surface area contributed by atoms with Crippen LogP contribution in [0.2, 0.25) is 0 Å². The highest BCUT2D eigenvalue weighted by atomic mass is 32.2. The van der Waals surface area contributed by atoms with E-state index in [1.165, 1.54) is 71.0 Å². The van der Waals surface area contributed by atoms with E-state index in [2.05, 4.69) is 216 Å². The predicted octanol–water partition coefficient (Wildman–Crippen LogP) is 14.4. The lowest BCUT2D eigenvalue weighted by molar-refractivity contribution is 0.880. The van der Waals surface area contributed by atoms with E-state index in [1.54, 1.807) is 0 Å². The summed E-state index contributed by atoms with van der Waals surface area (Å²) in [5.74, 6) is 0.384. The predicted molar refractivity (Wildman–Crippen MR) is 235 cm³/mol. The van der Waals surface area contributed by atoms with Crippen LogP contribution in [-0.4, -0.2) is 9.82 Å². The molecule has 2 heterocycles. The minimum atomic E-state index is 0.384. The average molecular weight is 721 g/mol. The molecule has 260 valence electrons. The van der Waals surface area contributed by atoms with Crippen LogP contribution in [-0.2, 0) is 0 Å². The summed E-state index contributed by atoms with van der Waals surface area (Å²) >= 11 is 1.98. The number of hydrogen-bond acceptors (Lipinski definition) is 2. The molecular formula is C52H36N2S. The quantitative estimate of drug-likeness (QED) is 0.169. The largest absolute Gasteiger partial charge is 0.310 e. The molecule has 2 nitrogen and oxygen atoms in total. The lowest BCUT2D eigenvalue weighted by atomic mass is 9.92. The van der Waals surface area contributed by atoms with Crippen molar-refractivity contribution in [2.45, 2.75) is 16.1 Å². The van der Waals surface area contributed by atoms with E-state index >= 15 is 0 Å². The van der Waals surface area contributed by atoms with Crippen LogP contribution in [0.15, 0.2) is 211 Å². The number of thioether (sulfide) groups is 1. The molecule has 0 saturated carbocycles. The van der Waals surface area contributed by atoms with Gasteiger partial charge in [-0.05, 0) is 111 Å². The molecule has 0 radical (unpaired) electrons. The van der Waals surface area contributed by atoms with Crippen molar-refractivity contribution in [1.29, 1.82) is 0 Å². The number of allylic oxidation sites excluding steroid dienone is 3. The number of aromatic nitrogens is 1. The molecule has 0 N–H and O–H groups in total. The Morgan fingerprint density at radius 3 is 1.93 bits per heavy atom. The van der Waals surface area contributed by atoms with E-state index in [0.717, 1.165) is 17.1 Å². The summed E-state index contributed by atoms with van der Waals surface area (Å²) in [6, 6.07) is 66.8. The fraction of sp³-hybridized carbons (Fsp3) is 0.0385. The van der Waals surface area contributed by atoms with E-state index in [9.17, 15) is 0 Å². The van der Waals surface area contributed by atoms with E-state index < -0.39 is 0 Å². The van der Waals surface area contributed by atoms with Crippen LogP contribution in [0.5, 0.6) is 0 Å². The van der Waals surface area contributed by atoms with Crippen LogP contribution >= 0.6 is 11.8 Å². The van der Waals surface area contributed by atoms with Crippen molar-refractivity contribution in [3.8, 4) is 27.9 Å². The molecule has 1 aliphatic heterocycles. The van der Waals surface area contributed by atoms with Crippen molar-refractivity contribution in [3.63, 3.8) is 0 Å². The Labute approximate surface area is 325 Å². The molecule has 3 heteroatoms. The average Bonchev–Trinajstić information content (AvgIpc) is 3.80. The van der Waals surface area contributed by atoms with Gasteiger partial charge in [0.1, 0.15) is 0 Å². The maximum absolute atomic E-state index is 2.43. The molecule has 0 bridgehead atoms. The Hall–Kier alpha value is -6.55. The van der Waals surface area contributed by atoms with Gasteiger partial charge in [-0.3, -0.25) is 0 Å². The minimum absolute atomic E-state index is 0.384. The summed E-state index contributed by atoms with van der Waals surface area (Å²) in [6.45, 7) is 0. The van der Waals surface area contributed by atoms with Crippen molar-refractivity contribution < 1.29 is 0 Å². The Balaban J connectivity index is 1.09. The maximum atomic E-state index is 2.43. The molecule has 2 atom stereocenters. The standard InChI is InChI=1S/C52H36N2S/c1-3-13-35(14-4-1)37-16-11-20-41(31-37)53(43-27-30-51-46(34-43)45-23-9-10-24-50(45)55-51)42-21-12-17-38(32-42)39-26-28-48-47(33-39)52-44-22-8-7-15-36(44)25-29-49(52)54(48)40-18-5-2-6-19-40/h1-34,45,50H. The first-order chi connectivity index (χ1) is 27.3. The number of fused-ring (bicyclic) bond motifs is 8. The number of nitrogens with zero attached hydrogens (tertiary/aromatic N) is 2. The highest BCUT2D eigenvalue weighted by Crippen LogP contribution is 2.50. The summed E-state index contributed by atoms with van der Waals surface area (Å²) in [4.78, 5) is 3.81. The third kappa shape index (κ3) is 5.42. The second-order valence-corrected chi connectivity index (χ2v) is 15.7. The molecule has 2 aliphatic rings. The fourth-order valence-corrected chi connectivity index (χ4v) is 10.0. The number of anilines is 3. The summed E-state index contributed by atoms with van der Waals surface area (Å²) in [5.41, 5.74) is 13.2. The second kappa shape index (κ2) is 13.1. The van der Waals surface area contributed by atoms with Gasteiger partial charge in [0.2, 0.25) is 0 Å². The van der Waals surface area contributed by atoms with Gasteiger partial charge in [-0.15, -0.1) is 11.8 Å². The van der Waals surface area contributed by atoms with Crippen molar-refractivity contribution >= 4 is 61.4 Å². The molecule has 0 fully saturated rings. The number of para-hydroxylation sites is 1. The Kier molecular flexibility index (Phi) is 7.60. The molecule has 2 unspecified atom stereocenters. The van der Waals surface area contributed by atoms with Gasteiger partial charge in [0, 0.05) is 49.6 Å². The van der Waals surface area contributed by atoms with Crippen molar-refractivity contribution in [2.24, 2.45) is 0 Å². The zero-order valence-corrected chi connectivity index (χ0v) is 30.9. The topological polar surface area (TPSA) is 8.17 Å². The van der Waals surface area contributed by atoms with Gasteiger partial charge in [0.15, 0.2) is 0 Å². The SMILES string of the molecule is C1=CC2Sc3ccc(N(c4cccc(-c5ccccc5)c4)c4cccc(-c5ccc6c(c5)c5c7ccccc7ccc5n6-c5ccccc5)c4)cc3C2C=C1. The highest BCUT2D eigenvalue weighted by Gasteiger charge is 2.32. The van der Waals surface area contributed by atoms with E-state index in [0.29, 0.717) is 11.2 Å². The third-order valence-electron chi connectivity index (χ3n) is 11.3. The Morgan fingerprint density at radius 2 is 1.11 bits per heavy atom. The normalized spacial score (nSPS) is 15.8. The van der Waals surface area contributed by atoms with E-state index in [-0.39, 0.29) is 0 Å². The number of benzene rings is 8. The number of hydrogen-bond donors (Lipinski definition) is 0.